The normalized spacial score (nSPS) is 10.4. The number of pyridine rings is 1. The lowest BCUT2D eigenvalue weighted by molar-refractivity contribution is 0.0997. The van der Waals surface area contributed by atoms with Crippen LogP contribution in [0.15, 0.2) is 24.3 Å². The third kappa shape index (κ3) is 1.46. The first-order valence-electron chi connectivity index (χ1n) is 4.25. The molecule has 76 valence electrons. The number of nitrogens with one attached hydrogen (secondary N) is 1. The van der Waals surface area contributed by atoms with E-state index in [4.69, 9.17) is 18.0 Å². The molecule has 2 aromatic rings. The van der Waals surface area contributed by atoms with Gasteiger partial charge in [0.05, 0.1) is 5.52 Å². The molecule has 1 heterocycles. The van der Waals surface area contributed by atoms with Crippen LogP contribution in [0.4, 0.5) is 0 Å². The van der Waals surface area contributed by atoms with E-state index >= 15 is 0 Å². The Morgan fingerprint density at radius 1 is 1.40 bits per heavy atom. The highest BCUT2D eigenvalue weighted by Crippen LogP contribution is 2.27. The minimum absolute atomic E-state index is 0.0382. The maximum Gasteiger partial charge on any atom is 0.255 e. The molecule has 4 nitrogen and oxygen atoms in total. The molecular weight excluding hydrogens is 212 g/mol. The largest absolute Gasteiger partial charge is 0.506 e. The number of fused-ring (bicyclic) bond motifs is 1. The van der Waals surface area contributed by atoms with Gasteiger partial charge in [-0.1, -0.05) is 24.4 Å². The molecule has 1 amide bonds. The van der Waals surface area contributed by atoms with Crippen molar-refractivity contribution in [3.05, 3.63) is 34.5 Å². The van der Waals surface area contributed by atoms with E-state index < -0.39 is 5.91 Å². The number of rotatable bonds is 1. The summed E-state index contributed by atoms with van der Waals surface area (Å²) in [4.78, 5) is 13.9. The summed E-state index contributed by atoms with van der Waals surface area (Å²) in [6.45, 7) is 0. The topological polar surface area (TPSA) is 79.1 Å². The monoisotopic (exact) mass is 220 g/mol. The van der Waals surface area contributed by atoms with Crippen LogP contribution in [-0.4, -0.2) is 16.0 Å². The van der Waals surface area contributed by atoms with Crippen molar-refractivity contribution >= 4 is 29.0 Å². The van der Waals surface area contributed by atoms with E-state index in [2.05, 4.69) is 4.98 Å². The van der Waals surface area contributed by atoms with Gasteiger partial charge in [-0.3, -0.25) is 4.79 Å². The van der Waals surface area contributed by atoms with E-state index in [0.717, 1.165) is 0 Å². The molecule has 0 aliphatic rings. The quantitative estimate of drug-likeness (QED) is 0.640. The lowest BCUT2D eigenvalue weighted by Gasteiger charge is -2.05. The Kier molecular flexibility index (Phi) is 2.17. The second-order valence-corrected chi connectivity index (χ2v) is 3.50. The highest BCUT2D eigenvalue weighted by molar-refractivity contribution is 7.71. The SMILES string of the molecule is NC(=O)c1c(O)c2ccccc2[nH]c1=S. The van der Waals surface area contributed by atoms with Gasteiger partial charge in [0, 0.05) is 5.39 Å². The number of nitrogens with two attached hydrogens (primary N) is 1. The maximum absolute atomic E-state index is 11.1. The van der Waals surface area contributed by atoms with Crippen molar-refractivity contribution in [2.45, 2.75) is 0 Å². The van der Waals surface area contributed by atoms with E-state index in [9.17, 15) is 9.90 Å². The summed E-state index contributed by atoms with van der Waals surface area (Å²) in [7, 11) is 0. The summed E-state index contributed by atoms with van der Waals surface area (Å²) in [5.41, 5.74) is 5.75. The molecule has 1 aromatic carbocycles. The van der Waals surface area contributed by atoms with Gasteiger partial charge in [-0.15, -0.1) is 0 Å². The second-order valence-electron chi connectivity index (χ2n) is 3.09. The van der Waals surface area contributed by atoms with E-state index in [1.165, 1.54) is 0 Å². The molecule has 15 heavy (non-hydrogen) atoms. The van der Waals surface area contributed by atoms with Crippen LogP contribution >= 0.6 is 12.2 Å². The van der Waals surface area contributed by atoms with Gasteiger partial charge in [0.1, 0.15) is 16.0 Å². The number of hydrogen-bond acceptors (Lipinski definition) is 3. The predicted molar refractivity (Wildman–Crippen MR) is 59.3 cm³/mol. The van der Waals surface area contributed by atoms with E-state index in [1.54, 1.807) is 24.3 Å². The first kappa shape index (κ1) is 9.67. The molecule has 0 atom stereocenters. The van der Waals surface area contributed by atoms with Crippen LogP contribution in [0.2, 0.25) is 0 Å². The third-order valence-corrected chi connectivity index (χ3v) is 2.45. The number of para-hydroxylation sites is 1. The molecule has 5 heteroatoms. The lowest BCUT2D eigenvalue weighted by atomic mass is 10.1. The number of carbonyl (C=O) groups excluding carboxylic acids is 1. The van der Waals surface area contributed by atoms with E-state index in [0.29, 0.717) is 10.9 Å². The molecule has 0 bridgehead atoms. The van der Waals surface area contributed by atoms with E-state index in [1.807, 2.05) is 0 Å². The van der Waals surface area contributed by atoms with Crippen molar-refractivity contribution in [3.63, 3.8) is 0 Å². The number of carbonyl (C=O) groups is 1. The second kappa shape index (κ2) is 3.36. The molecule has 0 unspecified atom stereocenters. The summed E-state index contributed by atoms with van der Waals surface area (Å²) in [6, 6.07) is 7.00. The van der Waals surface area contributed by atoms with Crippen LogP contribution in [0, 0.1) is 4.64 Å². The number of aromatic amines is 1. The molecule has 0 spiro atoms. The third-order valence-electron chi connectivity index (χ3n) is 2.14. The van der Waals surface area contributed by atoms with Crippen LogP contribution in [-0.2, 0) is 0 Å². The van der Waals surface area contributed by atoms with Crippen molar-refractivity contribution in [1.29, 1.82) is 0 Å². The number of primary amides is 1. The van der Waals surface area contributed by atoms with Gasteiger partial charge in [0.25, 0.3) is 5.91 Å². The van der Waals surface area contributed by atoms with Crippen LogP contribution in [0.25, 0.3) is 10.9 Å². The Hall–Kier alpha value is -1.88. The molecule has 0 aliphatic heterocycles. The molecule has 1 aromatic heterocycles. The van der Waals surface area contributed by atoms with Gasteiger partial charge in [0.15, 0.2) is 0 Å². The summed E-state index contributed by atoms with van der Waals surface area (Å²) < 4.78 is 0.152. The van der Waals surface area contributed by atoms with Gasteiger partial charge in [-0.2, -0.15) is 0 Å². The minimum atomic E-state index is -0.737. The van der Waals surface area contributed by atoms with Crippen molar-refractivity contribution < 1.29 is 9.90 Å². The van der Waals surface area contributed by atoms with Crippen molar-refractivity contribution in [2.75, 3.05) is 0 Å². The van der Waals surface area contributed by atoms with Gasteiger partial charge in [0.2, 0.25) is 0 Å². The fourth-order valence-electron chi connectivity index (χ4n) is 1.45. The van der Waals surface area contributed by atoms with Crippen LogP contribution in [0.1, 0.15) is 10.4 Å². The Labute approximate surface area is 90.4 Å². The standard InChI is InChI=1S/C10H8N2O2S/c11-9(14)7-8(13)5-3-1-2-4-6(5)12-10(7)15/h1-4H,(H2,11,14)(H2,12,13,15). The number of hydrogen-bond donors (Lipinski definition) is 3. The number of aromatic nitrogens is 1. The smallest absolute Gasteiger partial charge is 0.255 e. The summed E-state index contributed by atoms with van der Waals surface area (Å²) in [5.74, 6) is -0.902. The zero-order valence-corrected chi connectivity index (χ0v) is 8.47. The molecule has 2 rings (SSSR count). The molecule has 0 saturated heterocycles. The predicted octanol–water partition coefficient (Wildman–Crippen LogP) is 1.70. The fourth-order valence-corrected chi connectivity index (χ4v) is 1.76. The maximum atomic E-state index is 11.1. The van der Waals surface area contributed by atoms with Crippen molar-refractivity contribution in [3.8, 4) is 5.75 Å². The molecular formula is C10H8N2O2S. The first-order chi connectivity index (χ1) is 7.11. The van der Waals surface area contributed by atoms with Crippen molar-refractivity contribution in [2.24, 2.45) is 5.73 Å². The van der Waals surface area contributed by atoms with Gasteiger partial charge in [-0.25, -0.2) is 0 Å². The Bertz CT molecular complexity index is 604. The average molecular weight is 220 g/mol. The molecule has 0 saturated carbocycles. The number of benzene rings is 1. The molecule has 0 fully saturated rings. The Morgan fingerprint density at radius 3 is 2.73 bits per heavy atom. The van der Waals surface area contributed by atoms with E-state index in [-0.39, 0.29) is 16.0 Å². The number of aromatic hydroxyl groups is 1. The van der Waals surface area contributed by atoms with Crippen molar-refractivity contribution in [1.82, 2.24) is 4.98 Å². The first-order valence-corrected chi connectivity index (χ1v) is 4.66. The van der Waals surface area contributed by atoms with Gasteiger partial charge in [-0.05, 0) is 12.1 Å². The van der Waals surface area contributed by atoms with Crippen LogP contribution < -0.4 is 5.73 Å². The Balaban J connectivity index is 2.97. The molecule has 4 N–H and O–H groups in total. The number of amides is 1. The zero-order chi connectivity index (χ0) is 11.0. The molecule has 0 aliphatic carbocycles. The minimum Gasteiger partial charge on any atom is -0.506 e. The van der Waals surface area contributed by atoms with Crippen LogP contribution in [0.5, 0.6) is 5.75 Å². The summed E-state index contributed by atoms with van der Waals surface area (Å²) >= 11 is 4.93. The fraction of sp³-hybridized carbons (Fsp3) is 0. The highest BCUT2D eigenvalue weighted by Gasteiger charge is 2.13. The Morgan fingerprint density at radius 2 is 2.07 bits per heavy atom. The van der Waals surface area contributed by atoms with Crippen LogP contribution in [0.3, 0.4) is 0 Å². The van der Waals surface area contributed by atoms with Gasteiger partial charge >= 0.3 is 0 Å². The lowest BCUT2D eigenvalue weighted by Crippen LogP contribution is -2.12. The molecule has 0 radical (unpaired) electrons. The zero-order valence-electron chi connectivity index (χ0n) is 7.65. The number of H-pyrrole nitrogens is 1. The summed E-state index contributed by atoms with van der Waals surface area (Å²) in [5, 5.41) is 10.3. The average Bonchev–Trinajstić information content (AvgIpc) is 2.17. The van der Waals surface area contributed by atoms with Gasteiger partial charge < -0.3 is 15.8 Å². The highest BCUT2D eigenvalue weighted by atomic mass is 32.1. The summed E-state index contributed by atoms with van der Waals surface area (Å²) in [6.07, 6.45) is 0.